The van der Waals surface area contributed by atoms with Crippen LogP contribution in [-0.4, -0.2) is 23.1 Å². The lowest BCUT2D eigenvalue weighted by Crippen LogP contribution is -2.26. The van der Waals surface area contributed by atoms with E-state index in [-0.39, 0.29) is 0 Å². The number of nitrogens with one attached hydrogen (secondary N) is 2. The fraction of sp³-hybridized carbons (Fsp3) is 0.474. The molecular formula is C19H26N4. The van der Waals surface area contributed by atoms with Crippen LogP contribution in [0.15, 0.2) is 30.5 Å². The summed E-state index contributed by atoms with van der Waals surface area (Å²) in [5.74, 6) is 2.89. The molecule has 0 saturated carbocycles. The van der Waals surface area contributed by atoms with E-state index in [1.807, 2.05) is 6.20 Å². The lowest BCUT2D eigenvalue weighted by Gasteiger charge is -2.23. The molecule has 0 unspecified atom stereocenters. The van der Waals surface area contributed by atoms with Crippen LogP contribution in [0.1, 0.15) is 55.3 Å². The molecule has 122 valence electrons. The van der Waals surface area contributed by atoms with Gasteiger partial charge in [-0.15, -0.1) is 0 Å². The van der Waals surface area contributed by atoms with Crippen LogP contribution in [0.4, 0.5) is 11.6 Å². The Morgan fingerprint density at radius 2 is 1.91 bits per heavy atom. The van der Waals surface area contributed by atoms with Crippen molar-refractivity contribution in [1.82, 2.24) is 15.3 Å². The third kappa shape index (κ3) is 4.08. The van der Waals surface area contributed by atoms with Gasteiger partial charge in [0, 0.05) is 11.9 Å². The van der Waals surface area contributed by atoms with E-state index >= 15 is 0 Å². The zero-order valence-electron chi connectivity index (χ0n) is 14.3. The molecule has 3 heterocycles. The Labute approximate surface area is 138 Å². The molecular weight excluding hydrogens is 284 g/mol. The molecule has 0 aromatic carbocycles. The lowest BCUT2D eigenvalue weighted by atomic mass is 9.90. The first kappa shape index (κ1) is 15.9. The Morgan fingerprint density at radius 1 is 1.13 bits per heavy atom. The standard InChI is InChI=1S/C19H26N4/c1-13(2)16-6-9-21-18(11-16)23-19-12-17(10-14(3)22-19)15-4-7-20-8-5-15/h6,9-13,15,20H,4-5,7-8H2,1-3H3,(H,21,22,23). The van der Waals surface area contributed by atoms with Crippen molar-refractivity contribution in [3.63, 3.8) is 0 Å². The van der Waals surface area contributed by atoms with E-state index < -0.39 is 0 Å². The Bertz CT molecular complexity index is 660. The highest BCUT2D eigenvalue weighted by Crippen LogP contribution is 2.28. The quantitative estimate of drug-likeness (QED) is 0.892. The Balaban J connectivity index is 1.82. The van der Waals surface area contributed by atoms with Gasteiger partial charge < -0.3 is 10.6 Å². The largest absolute Gasteiger partial charge is 0.325 e. The number of piperidine rings is 1. The predicted molar refractivity (Wildman–Crippen MR) is 95.4 cm³/mol. The maximum absolute atomic E-state index is 4.63. The molecule has 0 spiro atoms. The Hall–Kier alpha value is -1.94. The summed E-state index contributed by atoms with van der Waals surface area (Å²) in [5.41, 5.74) is 3.73. The van der Waals surface area contributed by atoms with E-state index in [9.17, 15) is 0 Å². The Kier molecular flexibility index (Phi) is 4.91. The number of nitrogens with zero attached hydrogens (tertiary/aromatic N) is 2. The van der Waals surface area contributed by atoms with Gasteiger partial charge in [-0.3, -0.25) is 0 Å². The number of aryl methyl sites for hydroxylation is 1. The smallest absolute Gasteiger partial charge is 0.132 e. The summed E-state index contributed by atoms with van der Waals surface area (Å²) in [5, 5.41) is 6.81. The molecule has 0 radical (unpaired) electrons. The summed E-state index contributed by atoms with van der Waals surface area (Å²) in [4.78, 5) is 9.06. The Morgan fingerprint density at radius 3 is 2.65 bits per heavy atom. The highest BCUT2D eigenvalue weighted by atomic mass is 15.1. The molecule has 0 amide bonds. The second kappa shape index (κ2) is 7.09. The minimum absolute atomic E-state index is 0.495. The topological polar surface area (TPSA) is 49.8 Å². The summed E-state index contributed by atoms with van der Waals surface area (Å²) < 4.78 is 0. The van der Waals surface area contributed by atoms with E-state index in [4.69, 9.17) is 0 Å². The van der Waals surface area contributed by atoms with Gasteiger partial charge in [0.05, 0.1) is 0 Å². The van der Waals surface area contributed by atoms with Gasteiger partial charge in [0.15, 0.2) is 0 Å². The number of pyridine rings is 2. The third-order valence-corrected chi connectivity index (χ3v) is 4.49. The molecule has 4 heteroatoms. The lowest BCUT2D eigenvalue weighted by molar-refractivity contribution is 0.460. The van der Waals surface area contributed by atoms with E-state index in [1.54, 1.807) is 0 Å². The number of aromatic nitrogens is 2. The van der Waals surface area contributed by atoms with Gasteiger partial charge in [0.1, 0.15) is 11.6 Å². The summed E-state index contributed by atoms with van der Waals surface area (Å²) >= 11 is 0. The molecule has 1 saturated heterocycles. The van der Waals surface area contributed by atoms with Crippen LogP contribution in [0.5, 0.6) is 0 Å². The normalized spacial score (nSPS) is 15.8. The van der Waals surface area contributed by atoms with Crippen LogP contribution in [0, 0.1) is 6.92 Å². The summed E-state index contributed by atoms with van der Waals surface area (Å²) in [7, 11) is 0. The molecule has 4 nitrogen and oxygen atoms in total. The fourth-order valence-electron chi connectivity index (χ4n) is 3.16. The minimum Gasteiger partial charge on any atom is -0.325 e. The average molecular weight is 310 g/mol. The zero-order valence-corrected chi connectivity index (χ0v) is 14.3. The number of rotatable bonds is 4. The van der Waals surface area contributed by atoms with Crippen LogP contribution in [0.3, 0.4) is 0 Å². The van der Waals surface area contributed by atoms with E-state index in [0.717, 1.165) is 30.4 Å². The number of hydrogen-bond acceptors (Lipinski definition) is 4. The van der Waals surface area contributed by atoms with Crippen LogP contribution < -0.4 is 10.6 Å². The van der Waals surface area contributed by atoms with Crippen molar-refractivity contribution in [2.75, 3.05) is 18.4 Å². The summed E-state index contributed by atoms with van der Waals surface area (Å²) in [6.07, 6.45) is 4.26. The number of anilines is 2. The molecule has 1 aliphatic heterocycles. The van der Waals surface area contributed by atoms with E-state index in [0.29, 0.717) is 11.8 Å². The average Bonchev–Trinajstić information content (AvgIpc) is 2.55. The summed E-state index contributed by atoms with van der Waals surface area (Å²) in [6, 6.07) is 8.59. The monoisotopic (exact) mass is 310 g/mol. The maximum Gasteiger partial charge on any atom is 0.132 e. The molecule has 2 N–H and O–H groups in total. The molecule has 2 aromatic rings. The SMILES string of the molecule is Cc1cc(C2CCNCC2)cc(Nc2cc(C(C)C)ccn2)n1. The van der Waals surface area contributed by atoms with E-state index in [1.165, 1.54) is 24.0 Å². The molecule has 0 atom stereocenters. The molecule has 0 bridgehead atoms. The molecule has 23 heavy (non-hydrogen) atoms. The van der Waals surface area contributed by atoms with Gasteiger partial charge in [0.25, 0.3) is 0 Å². The van der Waals surface area contributed by atoms with Crippen molar-refractivity contribution in [2.24, 2.45) is 0 Å². The zero-order chi connectivity index (χ0) is 16.2. The van der Waals surface area contributed by atoms with Gasteiger partial charge in [-0.1, -0.05) is 13.8 Å². The van der Waals surface area contributed by atoms with Gasteiger partial charge in [0.2, 0.25) is 0 Å². The summed E-state index contributed by atoms with van der Waals surface area (Å²) in [6.45, 7) is 8.66. The van der Waals surface area contributed by atoms with Crippen LogP contribution in [0.25, 0.3) is 0 Å². The predicted octanol–water partition coefficient (Wildman–Crippen LogP) is 4.12. The fourth-order valence-corrected chi connectivity index (χ4v) is 3.16. The van der Waals surface area contributed by atoms with Gasteiger partial charge in [-0.2, -0.15) is 0 Å². The van der Waals surface area contributed by atoms with Crippen LogP contribution in [0.2, 0.25) is 0 Å². The van der Waals surface area contributed by atoms with Crippen LogP contribution >= 0.6 is 0 Å². The highest BCUT2D eigenvalue weighted by molar-refractivity contribution is 5.54. The van der Waals surface area contributed by atoms with Crippen molar-refractivity contribution in [2.45, 2.75) is 45.4 Å². The molecule has 1 aliphatic rings. The first-order valence-electron chi connectivity index (χ1n) is 8.54. The first-order chi connectivity index (χ1) is 11.1. The van der Waals surface area contributed by atoms with Crippen molar-refractivity contribution in [3.05, 3.63) is 47.3 Å². The highest BCUT2D eigenvalue weighted by Gasteiger charge is 2.16. The number of hydrogen-bond donors (Lipinski definition) is 2. The van der Waals surface area contributed by atoms with Gasteiger partial charge in [-0.25, -0.2) is 9.97 Å². The van der Waals surface area contributed by atoms with Crippen LogP contribution in [-0.2, 0) is 0 Å². The molecule has 1 fully saturated rings. The van der Waals surface area contributed by atoms with Crippen molar-refractivity contribution < 1.29 is 0 Å². The van der Waals surface area contributed by atoms with Gasteiger partial charge >= 0.3 is 0 Å². The molecule has 0 aliphatic carbocycles. The second-order valence-corrected chi connectivity index (χ2v) is 6.71. The third-order valence-electron chi connectivity index (χ3n) is 4.49. The molecule has 3 rings (SSSR count). The van der Waals surface area contributed by atoms with Crippen molar-refractivity contribution in [3.8, 4) is 0 Å². The molecule has 2 aromatic heterocycles. The first-order valence-corrected chi connectivity index (χ1v) is 8.54. The van der Waals surface area contributed by atoms with Crippen molar-refractivity contribution >= 4 is 11.6 Å². The van der Waals surface area contributed by atoms with E-state index in [2.05, 4.69) is 65.6 Å². The minimum atomic E-state index is 0.495. The van der Waals surface area contributed by atoms with Gasteiger partial charge in [-0.05, 0) is 80.1 Å². The maximum atomic E-state index is 4.63. The second-order valence-electron chi connectivity index (χ2n) is 6.71. The van der Waals surface area contributed by atoms with Crippen molar-refractivity contribution in [1.29, 1.82) is 0 Å².